The largest absolute Gasteiger partial charge is 0.351 e. The molecule has 0 saturated heterocycles. The molecule has 31 heavy (non-hydrogen) atoms. The van der Waals surface area contributed by atoms with Gasteiger partial charge in [-0.15, -0.1) is 11.3 Å². The zero-order chi connectivity index (χ0) is 23.2. The number of aryl methyl sites for hydroxylation is 1. The zero-order valence-corrected chi connectivity index (χ0v) is 19.9. The van der Waals surface area contributed by atoms with Crippen LogP contribution in [0.3, 0.4) is 0 Å². The Morgan fingerprint density at radius 1 is 1.10 bits per heavy atom. The molecule has 0 fully saturated rings. The lowest BCUT2D eigenvalue weighted by Gasteiger charge is -2.24. The van der Waals surface area contributed by atoms with Gasteiger partial charge in [0.25, 0.3) is 5.91 Å². The highest BCUT2D eigenvalue weighted by molar-refractivity contribution is 7.13. The number of anilines is 1. The standard InChI is InChI=1S/C23H32N4O3S/c1-15(2)12-27(21(30)17-9-7-16(3)8-10-17)13-20(29)25-22-24-18(14-31-22)11-19(28)26-23(4,5)6/h7-10,14-15H,11-13H2,1-6H3,(H,26,28)(H,24,25,29). The van der Waals surface area contributed by atoms with Crippen molar-refractivity contribution < 1.29 is 14.4 Å². The van der Waals surface area contributed by atoms with E-state index in [-0.39, 0.29) is 42.1 Å². The predicted molar refractivity (Wildman–Crippen MR) is 124 cm³/mol. The lowest BCUT2D eigenvalue weighted by molar-refractivity contribution is -0.122. The second-order valence-electron chi connectivity index (χ2n) is 9.11. The molecule has 0 bridgehead atoms. The number of amides is 3. The van der Waals surface area contributed by atoms with E-state index in [1.165, 1.54) is 11.3 Å². The van der Waals surface area contributed by atoms with Crippen LogP contribution < -0.4 is 10.6 Å². The first-order valence-corrected chi connectivity index (χ1v) is 11.2. The third kappa shape index (κ3) is 8.49. The Balaban J connectivity index is 1.99. The second-order valence-corrected chi connectivity index (χ2v) is 9.97. The molecule has 0 aliphatic carbocycles. The molecule has 7 nitrogen and oxygen atoms in total. The first kappa shape index (κ1) is 24.5. The van der Waals surface area contributed by atoms with Gasteiger partial charge < -0.3 is 15.5 Å². The summed E-state index contributed by atoms with van der Waals surface area (Å²) in [6, 6.07) is 7.32. The molecule has 0 radical (unpaired) electrons. The Kier molecular flexibility index (Phi) is 8.33. The van der Waals surface area contributed by atoms with Crippen LogP contribution in [0.4, 0.5) is 5.13 Å². The molecule has 1 heterocycles. The molecule has 2 rings (SSSR count). The summed E-state index contributed by atoms with van der Waals surface area (Å²) in [4.78, 5) is 43.4. The van der Waals surface area contributed by atoms with Crippen LogP contribution in [0.5, 0.6) is 0 Å². The Morgan fingerprint density at radius 2 is 1.74 bits per heavy atom. The van der Waals surface area contributed by atoms with Crippen LogP contribution in [0.2, 0.25) is 0 Å². The minimum Gasteiger partial charge on any atom is -0.351 e. The molecular formula is C23H32N4O3S. The Labute approximate surface area is 188 Å². The van der Waals surface area contributed by atoms with Crippen LogP contribution in [0.25, 0.3) is 0 Å². The molecule has 0 unspecified atom stereocenters. The van der Waals surface area contributed by atoms with Gasteiger partial charge in [0.05, 0.1) is 12.1 Å². The molecule has 0 atom stereocenters. The number of aromatic nitrogens is 1. The van der Waals surface area contributed by atoms with E-state index in [0.29, 0.717) is 22.9 Å². The summed E-state index contributed by atoms with van der Waals surface area (Å²) in [5.41, 5.74) is 1.91. The van der Waals surface area contributed by atoms with Gasteiger partial charge in [0.2, 0.25) is 11.8 Å². The van der Waals surface area contributed by atoms with E-state index in [2.05, 4.69) is 15.6 Å². The highest BCUT2D eigenvalue weighted by atomic mass is 32.1. The van der Waals surface area contributed by atoms with Crippen molar-refractivity contribution in [3.05, 3.63) is 46.5 Å². The number of nitrogens with zero attached hydrogens (tertiary/aromatic N) is 2. The zero-order valence-electron chi connectivity index (χ0n) is 19.1. The number of thiazole rings is 1. The molecule has 2 N–H and O–H groups in total. The van der Waals surface area contributed by atoms with E-state index in [0.717, 1.165) is 5.56 Å². The third-order valence-electron chi connectivity index (χ3n) is 4.16. The molecule has 3 amide bonds. The van der Waals surface area contributed by atoms with Gasteiger partial charge in [-0.05, 0) is 45.7 Å². The molecule has 8 heteroatoms. The Morgan fingerprint density at radius 3 is 2.32 bits per heavy atom. The van der Waals surface area contributed by atoms with E-state index in [1.807, 2.05) is 53.7 Å². The SMILES string of the molecule is Cc1ccc(C(=O)N(CC(=O)Nc2nc(CC(=O)NC(C)(C)C)cs2)CC(C)C)cc1. The summed E-state index contributed by atoms with van der Waals surface area (Å²) in [6.07, 6.45) is 0.148. The average Bonchev–Trinajstić information content (AvgIpc) is 3.05. The van der Waals surface area contributed by atoms with Crippen LogP contribution in [-0.4, -0.2) is 46.2 Å². The van der Waals surface area contributed by atoms with Gasteiger partial charge in [0, 0.05) is 23.0 Å². The van der Waals surface area contributed by atoms with Gasteiger partial charge >= 0.3 is 0 Å². The number of hydrogen-bond donors (Lipinski definition) is 2. The number of rotatable bonds is 8. The van der Waals surface area contributed by atoms with Crippen LogP contribution in [0.1, 0.15) is 56.2 Å². The van der Waals surface area contributed by atoms with Crippen LogP contribution in [0, 0.1) is 12.8 Å². The topological polar surface area (TPSA) is 91.4 Å². The molecule has 1 aromatic heterocycles. The van der Waals surface area contributed by atoms with Gasteiger partial charge in [0.1, 0.15) is 6.54 Å². The van der Waals surface area contributed by atoms with Crippen molar-refractivity contribution in [2.75, 3.05) is 18.4 Å². The number of benzene rings is 1. The molecule has 0 aliphatic rings. The van der Waals surface area contributed by atoms with Crippen molar-refractivity contribution in [3.63, 3.8) is 0 Å². The smallest absolute Gasteiger partial charge is 0.254 e. The van der Waals surface area contributed by atoms with E-state index >= 15 is 0 Å². The molecule has 0 saturated carbocycles. The van der Waals surface area contributed by atoms with E-state index < -0.39 is 0 Å². The van der Waals surface area contributed by atoms with Gasteiger partial charge in [-0.2, -0.15) is 0 Å². The summed E-state index contributed by atoms with van der Waals surface area (Å²) < 4.78 is 0. The monoisotopic (exact) mass is 444 g/mol. The number of nitrogens with one attached hydrogen (secondary N) is 2. The highest BCUT2D eigenvalue weighted by Crippen LogP contribution is 2.17. The first-order chi connectivity index (χ1) is 14.4. The second kappa shape index (κ2) is 10.5. The fraction of sp³-hybridized carbons (Fsp3) is 0.478. The van der Waals surface area contributed by atoms with Gasteiger partial charge in [0.15, 0.2) is 5.13 Å². The quantitative estimate of drug-likeness (QED) is 0.650. The number of hydrogen-bond acceptors (Lipinski definition) is 5. The van der Waals surface area contributed by atoms with E-state index in [9.17, 15) is 14.4 Å². The molecular weight excluding hydrogens is 412 g/mol. The molecule has 2 aromatic rings. The maximum Gasteiger partial charge on any atom is 0.254 e. The normalized spacial score (nSPS) is 11.3. The maximum atomic E-state index is 12.9. The van der Waals surface area contributed by atoms with Crippen molar-refractivity contribution in [1.29, 1.82) is 0 Å². The van der Waals surface area contributed by atoms with Crippen molar-refractivity contribution in [1.82, 2.24) is 15.2 Å². The molecule has 1 aromatic carbocycles. The van der Waals surface area contributed by atoms with Crippen molar-refractivity contribution in [2.45, 2.75) is 53.5 Å². The lowest BCUT2D eigenvalue weighted by Crippen LogP contribution is -2.41. The molecule has 0 aliphatic heterocycles. The minimum absolute atomic E-state index is 0.0652. The van der Waals surface area contributed by atoms with Crippen LogP contribution >= 0.6 is 11.3 Å². The molecule has 168 valence electrons. The summed E-state index contributed by atoms with van der Waals surface area (Å²) in [5, 5.41) is 7.80. The highest BCUT2D eigenvalue weighted by Gasteiger charge is 2.21. The average molecular weight is 445 g/mol. The van der Waals surface area contributed by atoms with Crippen LogP contribution in [0.15, 0.2) is 29.6 Å². The van der Waals surface area contributed by atoms with E-state index in [1.54, 1.807) is 22.4 Å². The van der Waals surface area contributed by atoms with Gasteiger partial charge in [-0.3, -0.25) is 14.4 Å². The third-order valence-corrected chi connectivity index (χ3v) is 4.97. The van der Waals surface area contributed by atoms with E-state index in [4.69, 9.17) is 0 Å². The van der Waals surface area contributed by atoms with Crippen molar-refractivity contribution >= 4 is 34.2 Å². The Bertz CT molecular complexity index is 914. The summed E-state index contributed by atoms with van der Waals surface area (Å²) in [6.45, 7) is 12.1. The fourth-order valence-electron chi connectivity index (χ4n) is 2.94. The summed E-state index contributed by atoms with van der Waals surface area (Å²) in [7, 11) is 0. The number of carbonyl (C=O) groups is 3. The summed E-state index contributed by atoms with van der Waals surface area (Å²) in [5.74, 6) is -0.402. The Hall–Kier alpha value is -2.74. The first-order valence-electron chi connectivity index (χ1n) is 10.3. The minimum atomic E-state index is -0.318. The van der Waals surface area contributed by atoms with Gasteiger partial charge in [-0.1, -0.05) is 31.5 Å². The molecule has 0 spiro atoms. The number of carbonyl (C=O) groups excluding carboxylic acids is 3. The van der Waals surface area contributed by atoms with Crippen molar-refractivity contribution in [3.8, 4) is 0 Å². The van der Waals surface area contributed by atoms with Gasteiger partial charge in [-0.25, -0.2) is 4.98 Å². The maximum absolute atomic E-state index is 12.9. The lowest BCUT2D eigenvalue weighted by atomic mass is 10.1. The summed E-state index contributed by atoms with van der Waals surface area (Å²) >= 11 is 1.26. The predicted octanol–water partition coefficient (Wildman–Crippen LogP) is 3.65. The fourth-order valence-corrected chi connectivity index (χ4v) is 3.67. The van der Waals surface area contributed by atoms with Crippen LogP contribution in [-0.2, 0) is 16.0 Å². The van der Waals surface area contributed by atoms with Crippen molar-refractivity contribution in [2.24, 2.45) is 5.92 Å².